The van der Waals surface area contributed by atoms with Crippen LogP contribution in [0.1, 0.15) is 15.9 Å². The van der Waals surface area contributed by atoms with E-state index in [1.54, 1.807) is 17.0 Å². The van der Waals surface area contributed by atoms with Crippen molar-refractivity contribution in [2.24, 2.45) is 0 Å². The normalized spacial score (nSPS) is 13.9. The van der Waals surface area contributed by atoms with E-state index in [-0.39, 0.29) is 29.6 Å². The van der Waals surface area contributed by atoms with Gasteiger partial charge in [0.1, 0.15) is 18.1 Å². The van der Waals surface area contributed by atoms with Gasteiger partial charge in [-0.15, -0.1) is 12.4 Å². The molecule has 1 saturated heterocycles. The lowest BCUT2D eigenvalue weighted by Crippen LogP contribution is -2.46. The van der Waals surface area contributed by atoms with Gasteiger partial charge in [-0.1, -0.05) is 30.3 Å². The van der Waals surface area contributed by atoms with Gasteiger partial charge < -0.3 is 20.1 Å². The minimum Gasteiger partial charge on any atom is -0.507 e. The van der Waals surface area contributed by atoms with Crippen LogP contribution in [0.4, 0.5) is 0 Å². The van der Waals surface area contributed by atoms with Crippen molar-refractivity contribution in [2.45, 2.75) is 6.61 Å². The predicted octanol–water partition coefficient (Wildman–Crippen LogP) is 2.44. The van der Waals surface area contributed by atoms with E-state index < -0.39 is 0 Å². The van der Waals surface area contributed by atoms with Crippen LogP contribution in [0.3, 0.4) is 0 Å². The quantitative estimate of drug-likeness (QED) is 0.891. The number of benzene rings is 2. The fourth-order valence-corrected chi connectivity index (χ4v) is 2.56. The summed E-state index contributed by atoms with van der Waals surface area (Å²) in [6, 6.07) is 14.6. The molecule has 0 aliphatic carbocycles. The fraction of sp³-hybridized carbons (Fsp3) is 0.278. The van der Waals surface area contributed by atoms with Crippen molar-refractivity contribution in [2.75, 3.05) is 26.2 Å². The first-order valence-electron chi connectivity index (χ1n) is 7.74. The highest BCUT2D eigenvalue weighted by Gasteiger charge is 2.21. The Bertz CT molecular complexity index is 673. The van der Waals surface area contributed by atoms with Gasteiger partial charge in [0.05, 0.1) is 5.56 Å². The Morgan fingerprint density at radius 3 is 2.54 bits per heavy atom. The summed E-state index contributed by atoms with van der Waals surface area (Å²) in [5.41, 5.74) is 1.34. The number of phenolic OH excluding ortho intramolecular Hbond substituents is 1. The fourth-order valence-electron chi connectivity index (χ4n) is 2.56. The van der Waals surface area contributed by atoms with Gasteiger partial charge in [0.25, 0.3) is 5.91 Å². The molecule has 2 aromatic carbocycles. The lowest BCUT2D eigenvalue weighted by Gasteiger charge is -2.27. The van der Waals surface area contributed by atoms with Crippen molar-refractivity contribution in [3.05, 3.63) is 59.7 Å². The largest absolute Gasteiger partial charge is 0.507 e. The summed E-state index contributed by atoms with van der Waals surface area (Å²) in [4.78, 5) is 14.3. The molecule has 24 heavy (non-hydrogen) atoms. The van der Waals surface area contributed by atoms with Gasteiger partial charge in [-0.2, -0.15) is 0 Å². The molecule has 0 spiro atoms. The first-order valence-corrected chi connectivity index (χ1v) is 7.74. The first-order chi connectivity index (χ1) is 11.2. The number of rotatable bonds is 4. The van der Waals surface area contributed by atoms with Crippen molar-refractivity contribution < 1.29 is 14.6 Å². The third-order valence-electron chi connectivity index (χ3n) is 3.85. The Kier molecular flexibility index (Phi) is 6.46. The maximum atomic E-state index is 12.5. The highest BCUT2D eigenvalue weighted by Crippen LogP contribution is 2.25. The van der Waals surface area contributed by atoms with Crippen molar-refractivity contribution in [1.29, 1.82) is 0 Å². The van der Waals surface area contributed by atoms with Crippen LogP contribution in [0.25, 0.3) is 0 Å². The van der Waals surface area contributed by atoms with E-state index in [2.05, 4.69) is 5.32 Å². The van der Waals surface area contributed by atoms with E-state index in [1.165, 1.54) is 6.07 Å². The summed E-state index contributed by atoms with van der Waals surface area (Å²) in [5.74, 6) is 0.403. The van der Waals surface area contributed by atoms with Gasteiger partial charge in [0.15, 0.2) is 0 Å². The second-order valence-electron chi connectivity index (χ2n) is 5.50. The summed E-state index contributed by atoms with van der Waals surface area (Å²) in [6.07, 6.45) is 0. The number of ether oxygens (including phenoxy) is 1. The molecule has 0 atom stereocenters. The molecule has 1 aliphatic heterocycles. The first kappa shape index (κ1) is 18.1. The molecule has 1 fully saturated rings. The van der Waals surface area contributed by atoms with Crippen LogP contribution in [-0.2, 0) is 6.61 Å². The van der Waals surface area contributed by atoms with Gasteiger partial charge in [-0.05, 0) is 23.8 Å². The zero-order chi connectivity index (χ0) is 16.1. The molecular weight excluding hydrogens is 328 g/mol. The Morgan fingerprint density at radius 2 is 1.83 bits per heavy atom. The molecule has 5 nitrogen and oxygen atoms in total. The molecule has 128 valence electrons. The minimum atomic E-state index is -0.158. The zero-order valence-corrected chi connectivity index (χ0v) is 14.1. The number of amides is 1. The predicted molar refractivity (Wildman–Crippen MR) is 94.9 cm³/mol. The van der Waals surface area contributed by atoms with Gasteiger partial charge in [-0.25, -0.2) is 0 Å². The van der Waals surface area contributed by atoms with E-state index >= 15 is 0 Å². The smallest absolute Gasteiger partial charge is 0.257 e. The Hall–Kier alpha value is -2.24. The van der Waals surface area contributed by atoms with Crippen LogP contribution in [0.5, 0.6) is 11.5 Å². The topological polar surface area (TPSA) is 61.8 Å². The Balaban J connectivity index is 0.00000208. The van der Waals surface area contributed by atoms with E-state index in [0.717, 1.165) is 18.7 Å². The third kappa shape index (κ3) is 4.40. The van der Waals surface area contributed by atoms with Crippen LogP contribution in [0.2, 0.25) is 0 Å². The molecule has 2 aromatic rings. The third-order valence-corrected chi connectivity index (χ3v) is 3.85. The number of phenols is 1. The van der Waals surface area contributed by atoms with E-state index in [1.807, 2.05) is 30.3 Å². The SMILES string of the molecule is Cl.O=C(c1cc(OCc2ccccc2)ccc1O)N1CCNCC1. The standard InChI is InChI=1S/C18H20N2O3.ClH/c21-17-7-6-15(23-13-14-4-2-1-3-5-14)12-16(17)18(22)20-10-8-19-9-11-20;/h1-7,12,19,21H,8-11,13H2;1H. The van der Waals surface area contributed by atoms with Gasteiger partial charge in [0, 0.05) is 26.2 Å². The number of halogens is 1. The second-order valence-corrected chi connectivity index (χ2v) is 5.50. The summed E-state index contributed by atoms with van der Waals surface area (Å²) >= 11 is 0. The summed E-state index contributed by atoms with van der Waals surface area (Å²) in [5, 5.41) is 13.2. The second kappa shape index (κ2) is 8.57. The molecule has 6 heteroatoms. The van der Waals surface area contributed by atoms with Crippen LogP contribution in [-0.4, -0.2) is 42.1 Å². The van der Waals surface area contributed by atoms with Crippen molar-refractivity contribution in [3.63, 3.8) is 0 Å². The molecule has 0 radical (unpaired) electrons. The number of hydrogen-bond acceptors (Lipinski definition) is 4. The van der Waals surface area contributed by atoms with Crippen molar-refractivity contribution >= 4 is 18.3 Å². The molecule has 1 aliphatic rings. The molecule has 0 unspecified atom stereocenters. The molecule has 1 heterocycles. The van der Waals surface area contributed by atoms with Crippen LogP contribution >= 0.6 is 12.4 Å². The zero-order valence-electron chi connectivity index (χ0n) is 13.3. The van der Waals surface area contributed by atoms with E-state index in [4.69, 9.17) is 4.74 Å². The monoisotopic (exact) mass is 348 g/mol. The Labute approximate surface area is 147 Å². The molecule has 2 N–H and O–H groups in total. The summed E-state index contributed by atoms with van der Waals surface area (Å²) in [6.45, 7) is 3.26. The van der Waals surface area contributed by atoms with Gasteiger partial charge in [0.2, 0.25) is 0 Å². The number of carbonyl (C=O) groups is 1. The maximum Gasteiger partial charge on any atom is 0.257 e. The lowest BCUT2D eigenvalue weighted by atomic mass is 10.1. The minimum absolute atomic E-state index is 0. The summed E-state index contributed by atoms with van der Waals surface area (Å²) < 4.78 is 5.73. The average molecular weight is 349 g/mol. The molecular formula is C18H21ClN2O3. The number of nitrogens with zero attached hydrogens (tertiary/aromatic N) is 1. The Morgan fingerprint density at radius 1 is 1.12 bits per heavy atom. The average Bonchev–Trinajstić information content (AvgIpc) is 2.62. The van der Waals surface area contributed by atoms with Crippen LogP contribution < -0.4 is 10.1 Å². The van der Waals surface area contributed by atoms with Gasteiger partial charge >= 0.3 is 0 Å². The number of aromatic hydroxyl groups is 1. The van der Waals surface area contributed by atoms with Gasteiger partial charge in [-0.3, -0.25) is 4.79 Å². The lowest BCUT2D eigenvalue weighted by molar-refractivity contribution is 0.0732. The number of nitrogens with one attached hydrogen (secondary N) is 1. The summed E-state index contributed by atoms with van der Waals surface area (Å²) in [7, 11) is 0. The molecule has 3 rings (SSSR count). The van der Waals surface area contributed by atoms with E-state index in [9.17, 15) is 9.90 Å². The maximum absolute atomic E-state index is 12.5. The molecule has 0 saturated carbocycles. The van der Waals surface area contributed by atoms with Crippen molar-refractivity contribution in [1.82, 2.24) is 10.2 Å². The highest BCUT2D eigenvalue weighted by molar-refractivity contribution is 5.97. The highest BCUT2D eigenvalue weighted by atomic mass is 35.5. The van der Waals surface area contributed by atoms with Crippen LogP contribution in [0.15, 0.2) is 48.5 Å². The number of carbonyl (C=O) groups excluding carboxylic acids is 1. The molecule has 0 bridgehead atoms. The van der Waals surface area contributed by atoms with Crippen molar-refractivity contribution in [3.8, 4) is 11.5 Å². The molecule has 0 aromatic heterocycles. The number of piperazine rings is 1. The van der Waals surface area contributed by atoms with E-state index in [0.29, 0.717) is 25.4 Å². The molecule has 1 amide bonds. The van der Waals surface area contributed by atoms with Crippen LogP contribution in [0, 0.1) is 0 Å². The number of hydrogen-bond donors (Lipinski definition) is 2.